The van der Waals surface area contributed by atoms with Gasteiger partial charge in [-0.1, -0.05) is 79.9 Å². The van der Waals surface area contributed by atoms with Crippen molar-refractivity contribution >= 4 is 28.4 Å². The van der Waals surface area contributed by atoms with E-state index in [2.05, 4.69) is 76.6 Å². The van der Waals surface area contributed by atoms with E-state index in [1.165, 1.54) is 103 Å². The molecule has 3 aromatic rings. The van der Waals surface area contributed by atoms with Crippen molar-refractivity contribution in [2.75, 3.05) is 6.67 Å². The van der Waals surface area contributed by atoms with Crippen LogP contribution in [0.3, 0.4) is 0 Å². The zero-order valence-electron chi connectivity index (χ0n) is 23.0. The third-order valence-electron chi connectivity index (χ3n) is 11.3. The Morgan fingerprint density at radius 2 is 1.46 bits per heavy atom. The molecular weight excluding hydrogens is 474 g/mol. The second kappa shape index (κ2) is 8.46. The molecule has 5 saturated carbocycles. The van der Waals surface area contributed by atoms with Crippen molar-refractivity contribution < 1.29 is 0 Å². The van der Waals surface area contributed by atoms with E-state index < -0.39 is 0 Å². The van der Waals surface area contributed by atoms with Gasteiger partial charge in [0, 0.05) is 10.8 Å². The minimum Gasteiger partial charge on any atom is -0.304 e. The van der Waals surface area contributed by atoms with Gasteiger partial charge in [0.2, 0.25) is 0 Å². The summed E-state index contributed by atoms with van der Waals surface area (Å²) >= 11 is 0. The first-order chi connectivity index (χ1) is 19.2. The number of hydrogen-bond acceptors (Lipinski definition) is 3. The van der Waals surface area contributed by atoms with Crippen molar-refractivity contribution in [3.05, 3.63) is 82.2 Å². The van der Waals surface area contributed by atoms with Gasteiger partial charge < -0.3 is 4.90 Å². The molecule has 2 heterocycles. The molecule has 7 aliphatic rings. The average molecular weight is 514 g/mol. The van der Waals surface area contributed by atoms with E-state index >= 15 is 0 Å². The van der Waals surface area contributed by atoms with Gasteiger partial charge in [0.05, 0.1) is 11.2 Å². The SMILES string of the molecule is C1=c2ccccc2=C(c2c(C3CCCCC3)ccc3ccccc23)N2CN(C34CC5CC(CC(C5)C3)C4)N=C12. The third kappa shape index (κ3) is 3.44. The van der Waals surface area contributed by atoms with Crippen LogP contribution in [0.15, 0.2) is 65.8 Å². The number of hydrogen-bond donors (Lipinski definition) is 0. The minimum atomic E-state index is 0.273. The summed E-state index contributed by atoms with van der Waals surface area (Å²) in [5, 5.41) is 13.5. The van der Waals surface area contributed by atoms with Gasteiger partial charge in [-0.25, -0.2) is 0 Å². The fourth-order valence-corrected chi connectivity index (χ4v) is 10.0. The molecule has 10 rings (SSSR count). The summed E-state index contributed by atoms with van der Waals surface area (Å²) in [4.78, 5) is 2.61. The molecule has 4 bridgehead atoms. The number of benzene rings is 3. The van der Waals surface area contributed by atoms with E-state index in [-0.39, 0.29) is 5.54 Å². The molecule has 0 aromatic heterocycles. The second-order valence-corrected chi connectivity index (χ2v) is 13.7. The Hall–Kier alpha value is -3.07. The molecule has 0 spiro atoms. The lowest BCUT2D eigenvalue weighted by molar-refractivity contribution is -0.0896. The molecule has 3 aromatic carbocycles. The van der Waals surface area contributed by atoms with Crippen LogP contribution in [0, 0.1) is 17.8 Å². The maximum Gasteiger partial charge on any atom is 0.155 e. The van der Waals surface area contributed by atoms with E-state index in [9.17, 15) is 0 Å². The highest BCUT2D eigenvalue weighted by atomic mass is 15.6. The summed E-state index contributed by atoms with van der Waals surface area (Å²) in [7, 11) is 0. The van der Waals surface area contributed by atoms with E-state index in [1.54, 1.807) is 5.56 Å². The van der Waals surface area contributed by atoms with E-state index in [4.69, 9.17) is 5.10 Å². The number of rotatable bonds is 3. The zero-order chi connectivity index (χ0) is 25.6. The third-order valence-corrected chi connectivity index (χ3v) is 11.3. The predicted molar refractivity (Wildman–Crippen MR) is 159 cm³/mol. The smallest absolute Gasteiger partial charge is 0.155 e. The summed E-state index contributed by atoms with van der Waals surface area (Å²) in [5.74, 6) is 4.58. The van der Waals surface area contributed by atoms with Crippen LogP contribution in [0.25, 0.3) is 22.5 Å². The van der Waals surface area contributed by atoms with Gasteiger partial charge in [-0.05, 0) is 103 Å². The lowest BCUT2D eigenvalue weighted by Gasteiger charge is -2.59. The number of hydrazone groups is 1. The molecule has 0 radical (unpaired) electrons. The molecule has 5 fully saturated rings. The number of fused-ring (bicyclic) bond motifs is 3. The number of amidine groups is 1. The Kier molecular flexibility index (Phi) is 4.93. The van der Waals surface area contributed by atoms with Crippen molar-refractivity contribution in [3.8, 4) is 0 Å². The molecule has 5 aliphatic carbocycles. The first-order valence-electron chi connectivity index (χ1n) is 15.7. The van der Waals surface area contributed by atoms with Crippen LogP contribution >= 0.6 is 0 Å². The number of nitrogens with zero attached hydrogens (tertiary/aromatic N) is 3. The lowest BCUT2D eigenvalue weighted by atomic mass is 9.53. The molecule has 39 heavy (non-hydrogen) atoms. The molecule has 0 saturated heterocycles. The van der Waals surface area contributed by atoms with Crippen molar-refractivity contribution in [1.82, 2.24) is 9.91 Å². The van der Waals surface area contributed by atoms with Gasteiger partial charge in [-0.3, -0.25) is 5.01 Å². The molecule has 0 unspecified atom stereocenters. The van der Waals surface area contributed by atoms with Crippen molar-refractivity contribution in [2.24, 2.45) is 22.9 Å². The maximum atomic E-state index is 5.50. The van der Waals surface area contributed by atoms with Crippen LogP contribution in [0.2, 0.25) is 0 Å². The van der Waals surface area contributed by atoms with Crippen LogP contribution < -0.4 is 10.4 Å². The van der Waals surface area contributed by atoms with Gasteiger partial charge >= 0.3 is 0 Å². The highest BCUT2D eigenvalue weighted by Crippen LogP contribution is 2.58. The largest absolute Gasteiger partial charge is 0.304 e. The molecule has 0 amide bonds. The van der Waals surface area contributed by atoms with E-state index in [0.717, 1.165) is 30.3 Å². The molecule has 0 N–H and O–H groups in total. The average Bonchev–Trinajstić information content (AvgIpc) is 3.40. The topological polar surface area (TPSA) is 18.8 Å². The van der Waals surface area contributed by atoms with Gasteiger partial charge in [0.25, 0.3) is 0 Å². The second-order valence-electron chi connectivity index (χ2n) is 13.7. The Labute approximate surface area is 231 Å². The van der Waals surface area contributed by atoms with Crippen molar-refractivity contribution in [2.45, 2.75) is 82.1 Å². The minimum absolute atomic E-state index is 0.273. The van der Waals surface area contributed by atoms with Crippen molar-refractivity contribution in [3.63, 3.8) is 0 Å². The van der Waals surface area contributed by atoms with Gasteiger partial charge in [0.1, 0.15) is 6.67 Å². The highest BCUT2D eigenvalue weighted by molar-refractivity contribution is 6.15. The Bertz CT molecular complexity index is 1590. The van der Waals surface area contributed by atoms with E-state index in [1.807, 2.05) is 0 Å². The summed E-state index contributed by atoms with van der Waals surface area (Å²) in [5.41, 5.74) is 4.71. The summed E-state index contributed by atoms with van der Waals surface area (Å²) < 4.78 is 0. The predicted octanol–water partition coefficient (Wildman–Crippen LogP) is 6.70. The standard InChI is InChI=1S/C36H39N3/c1-2-8-27(9-3-1)31-15-14-28-10-4-6-12-30(28)34(31)35-32-13-7-5-11-29(32)19-33-37-39(23-38(33)35)36-20-24-16-25(21-36)18-26(17-24)22-36/h4-7,10-15,19,24-27H,1-3,8-9,16-18,20-23H2. The van der Waals surface area contributed by atoms with Crippen LogP contribution in [0.1, 0.15) is 87.7 Å². The molecule has 2 aliphatic heterocycles. The quantitative estimate of drug-likeness (QED) is 0.388. The molecular formula is C36H39N3. The van der Waals surface area contributed by atoms with Crippen LogP contribution in [0.5, 0.6) is 0 Å². The maximum absolute atomic E-state index is 5.50. The van der Waals surface area contributed by atoms with Crippen LogP contribution in [-0.4, -0.2) is 28.0 Å². The fraction of sp³-hybridized carbons (Fsp3) is 0.472. The van der Waals surface area contributed by atoms with E-state index in [0.29, 0.717) is 5.92 Å². The normalized spacial score (nSPS) is 31.3. The molecule has 198 valence electrons. The first-order valence-corrected chi connectivity index (χ1v) is 15.7. The van der Waals surface area contributed by atoms with Crippen LogP contribution in [-0.2, 0) is 0 Å². The zero-order valence-corrected chi connectivity index (χ0v) is 23.0. The first kappa shape index (κ1) is 22.7. The Morgan fingerprint density at radius 3 is 2.26 bits per heavy atom. The van der Waals surface area contributed by atoms with Gasteiger partial charge in [-0.2, -0.15) is 5.10 Å². The summed E-state index contributed by atoms with van der Waals surface area (Å²) in [6.45, 7) is 0.898. The Balaban J connectivity index is 1.24. The summed E-state index contributed by atoms with van der Waals surface area (Å²) in [6.07, 6.45) is 17.6. The monoisotopic (exact) mass is 513 g/mol. The summed E-state index contributed by atoms with van der Waals surface area (Å²) in [6, 6.07) is 23.0. The fourth-order valence-electron chi connectivity index (χ4n) is 10.0. The Morgan fingerprint density at radius 1 is 0.744 bits per heavy atom. The molecule has 0 atom stereocenters. The van der Waals surface area contributed by atoms with Gasteiger partial charge in [-0.15, -0.1) is 0 Å². The highest BCUT2D eigenvalue weighted by Gasteiger charge is 2.55. The van der Waals surface area contributed by atoms with Gasteiger partial charge in [0.15, 0.2) is 5.84 Å². The van der Waals surface area contributed by atoms with Crippen LogP contribution in [0.4, 0.5) is 0 Å². The molecule has 3 heteroatoms. The molecule has 3 nitrogen and oxygen atoms in total. The van der Waals surface area contributed by atoms with Crippen molar-refractivity contribution in [1.29, 1.82) is 0 Å². The lowest BCUT2D eigenvalue weighted by Crippen LogP contribution is -2.58.